The Morgan fingerprint density at radius 2 is 2.40 bits per heavy atom. The number of alkyl halides is 1. The average Bonchev–Trinajstić information content (AvgIpc) is 2.82. The molecule has 0 spiro atoms. The van der Waals surface area contributed by atoms with Crippen LogP contribution in [0.5, 0.6) is 0 Å². The first kappa shape index (κ1) is 9.28. The lowest BCUT2D eigenvalue weighted by Gasteiger charge is -2.27. The van der Waals surface area contributed by atoms with Crippen molar-refractivity contribution in [3.8, 4) is 0 Å². The summed E-state index contributed by atoms with van der Waals surface area (Å²) in [4.78, 5) is 4.11. The maximum Gasteiger partial charge on any atom is 0.120 e. The van der Waals surface area contributed by atoms with E-state index in [9.17, 15) is 4.39 Å². The van der Waals surface area contributed by atoms with E-state index in [4.69, 9.17) is 0 Å². The lowest BCUT2D eigenvalue weighted by atomic mass is 9.79. The third kappa shape index (κ3) is 1.29. The molecule has 2 aliphatic heterocycles. The molecule has 2 fully saturated rings. The normalized spacial score (nSPS) is 43.5. The van der Waals surface area contributed by atoms with E-state index in [-0.39, 0.29) is 12.0 Å². The van der Waals surface area contributed by atoms with Crippen LogP contribution >= 0.6 is 0 Å². The summed E-state index contributed by atoms with van der Waals surface area (Å²) < 4.78 is 13.9. The van der Waals surface area contributed by atoms with E-state index >= 15 is 0 Å². The van der Waals surface area contributed by atoms with Crippen molar-refractivity contribution >= 4 is 0 Å². The third-order valence-corrected chi connectivity index (χ3v) is 3.94. The van der Waals surface area contributed by atoms with Crippen LogP contribution in [0.2, 0.25) is 0 Å². The summed E-state index contributed by atoms with van der Waals surface area (Å²) >= 11 is 0. The van der Waals surface area contributed by atoms with Gasteiger partial charge in [0.05, 0.1) is 0 Å². The Hall–Kier alpha value is -0.960. The molecule has 1 aromatic rings. The lowest BCUT2D eigenvalue weighted by molar-refractivity contribution is 0.198. The zero-order valence-corrected chi connectivity index (χ0v) is 8.73. The standard InChI is InChI=1S/C12H15FN2/c1-7-10-5-9(12(15-10)11(7)13)8-3-2-4-14-6-8/h2-4,6-7,9-12,15H,5H2,1H3. The maximum absolute atomic E-state index is 13.9. The van der Waals surface area contributed by atoms with Gasteiger partial charge in [-0.2, -0.15) is 0 Å². The van der Waals surface area contributed by atoms with Gasteiger partial charge in [-0.15, -0.1) is 0 Å². The number of fused-ring (bicyclic) bond motifs is 2. The summed E-state index contributed by atoms with van der Waals surface area (Å²) in [6.07, 6.45) is 3.98. The number of aromatic nitrogens is 1. The van der Waals surface area contributed by atoms with E-state index in [1.165, 1.54) is 5.56 Å². The van der Waals surface area contributed by atoms with Crippen molar-refractivity contribution < 1.29 is 4.39 Å². The first-order valence-electron chi connectivity index (χ1n) is 5.57. The lowest BCUT2D eigenvalue weighted by Crippen LogP contribution is -2.32. The molecule has 2 nitrogen and oxygen atoms in total. The van der Waals surface area contributed by atoms with Gasteiger partial charge in [-0.3, -0.25) is 4.98 Å². The molecular weight excluding hydrogens is 191 g/mol. The first-order chi connectivity index (χ1) is 7.27. The Morgan fingerprint density at radius 1 is 1.53 bits per heavy atom. The largest absolute Gasteiger partial charge is 0.307 e. The second kappa shape index (κ2) is 3.27. The number of halogens is 1. The molecule has 2 aliphatic rings. The maximum atomic E-state index is 13.9. The van der Waals surface area contributed by atoms with Crippen LogP contribution in [0.15, 0.2) is 24.5 Å². The molecule has 0 amide bonds. The summed E-state index contributed by atoms with van der Waals surface area (Å²) in [5.74, 6) is 0.484. The van der Waals surface area contributed by atoms with Crippen LogP contribution < -0.4 is 5.32 Å². The van der Waals surface area contributed by atoms with E-state index in [2.05, 4.69) is 16.4 Å². The molecule has 1 aromatic heterocycles. The van der Waals surface area contributed by atoms with Crippen molar-refractivity contribution in [3.63, 3.8) is 0 Å². The second-order valence-corrected chi connectivity index (χ2v) is 4.73. The van der Waals surface area contributed by atoms with Crippen molar-refractivity contribution in [1.29, 1.82) is 0 Å². The molecule has 5 unspecified atom stereocenters. The van der Waals surface area contributed by atoms with Crippen LogP contribution in [-0.4, -0.2) is 23.2 Å². The van der Waals surface area contributed by atoms with Crippen molar-refractivity contribution in [2.45, 2.75) is 37.5 Å². The van der Waals surface area contributed by atoms with Gasteiger partial charge in [-0.1, -0.05) is 13.0 Å². The summed E-state index contributed by atoms with van der Waals surface area (Å²) in [6.45, 7) is 2.00. The van der Waals surface area contributed by atoms with E-state index in [0.29, 0.717) is 12.0 Å². The highest BCUT2D eigenvalue weighted by Crippen LogP contribution is 2.44. The van der Waals surface area contributed by atoms with Gasteiger partial charge in [-0.25, -0.2) is 4.39 Å². The van der Waals surface area contributed by atoms with Crippen LogP contribution in [0.25, 0.3) is 0 Å². The Bertz CT molecular complexity index is 352. The molecule has 2 saturated heterocycles. The summed E-state index contributed by atoms with van der Waals surface area (Å²) in [5, 5.41) is 3.37. The Kier molecular flexibility index (Phi) is 2.02. The fourth-order valence-electron chi connectivity index (χ4n) is 3.02. The molecule has 0 aromatic carbocycles. The van der Waals surface area contributed by atoms with Gasteiger partial charge in [0.1, 0.15) is 6.17 Å². The smallest absolute Gasteiger partial charge is 0.120 e. The molecule has 3 rings (SSSR count). The molecule has 80 valence electrons. The number of pyridine rings is 1. The molecule has 15 heavy (non-hydrogen) atoms. The quantitative estimate of drug-likeness (QED) is 0.759. The van der Waals surface area contributed by atoms with Crippen LogP contribution in [-0.2, 0) is 0 Å². The molecule has 2 bridgehead atoms. The molecule has 3 heteroatoms. The second-order valence-electron chi connectivity index (χ2n) is 4.73. The van der Waals surface area contributed by atoms with Gasteiger partial charge in [0.2, 0.25) is 0 Å². The topological polar surface area (TPSA) is 24.9 Å². The van der Waals surface area contributed by atoms with E-state index < -0.39 is 6.17 Å². The minimum Gasteiger partial charge on any atom is -0.307 e. The number of nitrogens with zero attached hydrogens (tertiary/aromatic N) is 1. The zero-order chi connectivity index (χ0) is 10.4. The number of hydrogen-bond acceptors (Lipinski definition) is 2. The highest BCUT2D eigenvalue weighted by atomic mass is 19.1. The highest BCUT2D eigenvalue weighted by Gasteiger charge is 2.51. The molecule has 0 radical (unpaired) electrons. The molecule has 0 saturated carbocycles. The minimum absolute atomic E-state index is 0.00852. The van der Waals surface area contributed by atoms with Crippen molar-refractivity contribution in [1.82, 2.24) is 10.3 Å². The van der Waals surface area contributed by atoms with Gasteiger partial charge in [-0.05, 0) is 18.1 Å². The minimum atomic E-state index is -0.700. The fraction of sp³-hybridized carbons (Fsp3) is 0.583. The predicted molar refractivity (Wildman–Crippen MR) is 56.4 cm³/mol. The number of hydrogen-bond donors (Lipinski definition) is 1. The number of nitrogens with one attached hydrogen (secondary N) is 1. The number of rotatable bonds is 1. The highest BCUT2D eigenvalue weighted by molar-refractivity contribution is 5.24. The van der Waals surface area contributed by atoms with Crippen molar-refractivity contribution in [3.05, 3.63) is 30.1 Å². The Balaban J connectivity index is 1.87. The molecule has 3 heterocycles. The van der Waals surface area contributed by atoms with Crippen molar-refractivity contribution in [2.75, 3.05) is 0 Å². The van der Waals surface area contributed by atoms with E-state index in [0.717, 1.165) is 6.42 Å². The van der Waals surface area contributed by atoms with Crippen LogP contribution in [0.4, 0.5) is 4.39 Å². The first-order valence-corrected chi connectivity index (χ1v) is 5.57. The van der Waals surface area contributed by atoms with Crippen LogP contribution in [0.1, 0.15) is 24.8 Å². The van der Waals surface area contributed by atoms with Crippen LogP contribution in [0.3, 0.4) is 0 Å². The van der Waals surface area contributed by atoms with Gasteiger partial charge >= 0.3 is 0 Å². The predicted octanol–water partition coefficient (Wildman–Crippen LogP) is 1.88. The Labute approximate surface area is 88.9 Å². The van der Waals surface area contributed by atoms with E-state index in [1.54, 1.807) is 6.20 Å². The van der Waals surface area contributed by atoms with Gasteiger partial charge in [0.15, 0.2) is 0 Å². The van der Waals surface area contributed by atoms with Gasteiger partial charge in [0.25, 0.3) is 0 Å². The summed E-state index contributed by atoms with van der Waals surface area (Å²) in [6, 6.07) is 4.35. The Morgan fingerprint density at radius 3 is 3.00 bits per heavy atom. The molecule has 0 aliphatic carbocycles. The third-order valence-electron chi connectivity index (χ3n) is 3.94. The molecular formula is C12H15FN2. The van der Waals surface area contributed by atoms with Gasteiger partial charge < -0.3 is 5.32 Å². The zero-order valence-electron chi connectivity index (χ0n) is 8.73. The average molecular weight is 206 g/mol. The molecule has 1 N–H and O–H groups in total. The van der Waals surface area contributed by atoms with E-state index in [1.807, 2.05) is 19.2 Å². The monoisotopic (exact) mass is 206 g/mol. The van der Waals surface area contributed by atoms with Gasteiger partial charge in [0, 0.05) is 36.3 Å². The van der Waals surface area contributed by atoms with Crippen LogP contribution in [0, 0.1) is 5.92 Å². The summed E-state index contributed by atoms with van der Waals surface area (Å²) in [5.41, 5.74) is 1.17. The summed E-state index contributed by atoms with van der Waals surface area (Å²) in [7, 11) is 0. The van der Waals surface area contributed by atoms with Crippen molar-refractivity contribution in [2.24, 2.45) is 5.92 Å². The molecule has 5 atom stereocenters. The fourth-order valence-corrected chi connectivity index (χ4v) is 3.02. The SMILES string of the molecule is CC1C2CC(c3cccnc3)C(N2)C1F.